The Morgan fingerprint density at radius 1 is 1.31 bits per heavy atom. The predicted octanol–water partition coefficient (Wildman–Crippen LogP) is 3.25. The Bertz CT molecular complexity index is 426. The summed E-state index contributed by atoms with van der Waals surface area (Å²) in [6, 6.07) is 6.56. The molecule has 2 aliphatic carbocycles. The van der Waals surface area contributed by atoms with E-state index < -0.39 is 0 Å². The molecule has 16 heavy (non-hydrogen) atoms. The molecule has 2 atom stereocenters. The number of hydrogen-bond acceptors (Lipinski definition) is 2. The van der Waals surface area contributed by atoms with Crippen molar-refractivity contribution in [1.82, 2.24) is 0 Å². The van der Waals surface area contributed by atoms with Gasteiger partial charge in [0.2, 0.25) is 0 Å². The van der Waals surface area contributed by atoms with Gasteiger partial charge in [0.25, 0.3) is 0 Å². The normalized spacial score (nSPS) is 29.4. The molecule has 1 aromatic carbocycles. The van der Waals surface area contributed by atoms with Gasteiger partial charge in [-0.25, -0.2) is 0 Å². The third-order valence-electron chi connectivity index (χ3n) is 4.14. The topological polar surface area (TPSA) is 18.5 Å². The van der Waals surface area contributed by atoms with Crippen molar-refractivity contribution in [3.05, 3.63) is 32.9 Å². The largest absolute Gasteiger partial charge is 0.353 e. The molecule has 0 unspecified atom stereocenters. The van der Waals surface area contributed by atoms with E-state index in [9.17, 15) is 0 Å². The molecular weight excluding hydrogens is 315 g/mol. The summed E-state index contributed by atoms with van der Waals surface area (Å²) in [4.78, 5) is 0. The average molecular weight is 330 g/mol. The van der Waals surface area contributed by atoms with Gasteiger partial charge in [0.05, 0.1) is 0 Å². The summed E-state index contributed by atoms with van der Waals surface area (Å²) in [5, 5.41) is 0. The zero-order chi connectivity index (χ0) is 11.3. The third kappa shape index (κ3) is 1.25. The summed E-state index contributed by atoms with van der Waals surface area (Å²) in [5.41, 5.74) is 2.98. The third-order valence-corrected chi connectivity index (χ3v) is 5.08. The lowest BCUT2D eigenvalue weighted by Gasteiger charge is -2.36. The predicted molar refractivity (Wildman–Crippen MR) is 70.6 cm³/mol. The molecule has 1 saturated carbocycles. The van der Waals surface area contributed by atoms with Gasteiger partial charge in [0.15, 0.2) is 5.79 Å². The van der Waals surface area contributed by atoms with Crippen LogP contribution in [0.1, 0.15) is 35.8 Å². The first kappa shape index (κ1) is 11.0. The second kappa shape index (κ2) is 3.68. The van der Waals surface area contributed by atoms with Crippen LogP contribution in [0.3, 0.4) is 0 Å². The van der Waals surface area contributed by atoms with Crippen LogP contribution in [0.15, 0.2) is 18.2 Å². The highest BCUT2D eigenvalue weighted by atomic mass is 127. The zero-order valence-electron chi connectivity index (χ0n) is 9.50. The second-order valence-corrected chi connectivity index (χ2v) is 5.81. The van der Waals surface area contributed by atoms with Gasteiger partial charge in [-0.2, -0.15) is 0 Å². The smallest absolute Gasteiger partial charge is 0.174 e. The van der Waals surface area contributed by atoms with Crippen LogP contribution in [0.25, 0.3) is 0 Å². The molecule has 86 valence electrons. The van der Waals surface area contributed by atoms with Gasteiger partial charge in [0.1, 0.15) is 0 Å². The number of hydrogen-bond donors (Lipinski definition) is 0. The van der Waals surface area contributed by atoms with Crippen LogP contribution < -0.4 is 0 Å². The summed E-state index contributed by atoms with van der Waals surface area (Å²) in [7, 11) is 3.52. The van der Waals surface area contributed by atoms with Crippen LogP contribution in [-0.2, 0) is 9.47 Å². The van der Waals surface area contributed by atoms with Gasteiger partial charge < -0.3 is 9.47 Å². The Morgan fingerprint density at radius 2 is 2.06 bits per heavy atom. The molecule has 0 heterocycles. The lowest BCUT2D eigenvalue weighted by molar-refractivity contribution is -0.213. The molecule has 0 spiro atoms. The Balaban J connectivity index is 2.11. The highest BCUT2D eigenvalue weighted by Gasteiger charge is 2.55. The van der Waals surface area contributed by atoms with Gasteiger partial charge in [-0.1, -0.05) is 12.1 Å². The SMILES string of the molecule is COC1(OC)C[C@@H]2C[C@H]1c1cccc(I)c12. The number of methoxy groups -OCH3 is 2. The van der Waals surface area contributed by atoms with Gasteiger partial charge in [-0.05, 0) is 52.1 Å². The van der Waals surface area contributed by atoms with Crippen LogP contribution in [0, 0.1) is 3.57 Å². The van der Waals surface area contributed by atoms with E-state index in [1.54, 1.807) is 14.2 Å². The second-order valence-electron chi connectivity index (χ2n) is 4.65. The lowest BCUT2D eigenvalue weighted by Crippen LogP contribution is -2.38. The first-order valence-electron chi connectivity index (χ1n) is 5.60. The lowest BCUT2D eigenvalue weighted by atomic mass is 9.87. The van der Waals surface area contributed by atoms with Crippen molar-refractivity contribution in [3.8, 4) is 0 Å². The Kier molecular flexibility index (Phi) is 2.53. The fraction of sp³-hybridized carbons (Fsp3) is 0.538. The maximum absolute atomic E-state index is 5.65. The van der Waals surface area contributed by atoms with Gasteiger partial charge in [-0.15, -0.1) is 0 Å². The van der Waals surface area contributed by atoms with Crippen molar-refractivity contribution in [1.29, 1.82) is 0 Å². The summed E-state index contributed by atoms with van der Waals surface area (Å²) in [6.45, 7) is 0. The van der Waals surface area contributed by atoms with E-state index in [0.717, 1.165) is 6.42 Å². The maximum Gasteiger partial charge on any atom is 0.174 e. The fourth-order valence-corrected chi connectivity index (χ4v) is 4.40. The minimum absolute atomic E-state index is 0.373. The van der Waals surface area contributed by atoms with E-state index in [4.69, 9.17) is 9.47 Å². The number of ether oxygens (including phenoxy) is 2. The van der Waals surface area contributed by atoms with Crippen LogP contribution in [-0.4, -0.2) is 20.0 Å². The van der Waals surface area contributed by atoms with Crippen molar-refractivity contribution >= 4 is 22.6 Å². The van der Waals surface area contributed by atoms with Crippen molar-refractivity contribution in [3.63, 3.8) is 0 Å². The van der Waals surface area contributed by atoms with Gasteiger partial charge in [0, 0.05) is 30.1 Å². The van der Waals surface area contributed by atoms with Crippen molar-refractivity contribution in [2.75, 3.05) is 14.2 Å². The minimum atomic E-state index is -0.373. The highest BCUT2D eigenvalue weighted by Crippen LogP contribution is 2.60. The Labute approximate surface area is 109 Å². The molecule has 1 fully saturated rings. The van der Waals surface area contributed by atoms with Crippen LogP contribution >= 0.6 is 22.6 Å². The Morgan fingerprint density at radius 3 is 2.75 bits per heavy atom. The molecule has 0 amide bonds. The quantitative estimate of drug-likeness (QED) is 0.612. The molecule has 0 aliphatic heterocycles. The molecule has 0 radical (unpaired) electrons. The number of halogens is 1. The summed E-state index contributed by atoms with van der Waals surface area (Å²) in [5.74, 6) is 0.660. The number of fused-ring (bicyclic) bond motifs is 5. The number of benzene rings is 1. The molecule has 2 nitrogen and oxygen atoms in total. The highest BCUT2D eigenvalue weighted by molar-refractivity contribution is 14.1. The van der Waals surface area contributed by atoms with Gasteiger partial charge in [-0.3, -0.25) is 0 Å². The molecule has 2 bridgehead atoms. The first-order chi connectivity index (χ1) is 7.72. The molecule has 2 aliphatic rings. The van der Waals surface area contributed by atoms with E-state index in [0.29, 0.717) is 11.8 Å². The van der Waals surface area contributed by atoms with Crippen LogP contribution in [0.4, 0.5) is 0 Å². The molecule has 0 N–H and O–H groups in total. The minimum Gasteiger partial charge on any atom is -0.353 e. The number of rotatable bonds is 2. The Hall–Kier alpha value is -0.130. The van der Waals surface area contributed by atoms with E-state index in [1.165, 1.54) is 21.1 Å². The van der Waals surface area contributed by atoms with E-state index in [1.807, 2.05) is 0 Å². The molecule has 0 aromatic heterocycles. The summed E-state index contributed by atoms with van der Waals surface area (Å²) in [6.07, 6.45) is 2.18. The van der Waals surface area contributed by atoms with E-state index in [2.05, 4.69) is 40.8 Å². The summed E-state index contributed by atoms with van der Waals surface area (Å²) >= 11 is 2.44. The summed E-state index contributed by atoms with van der Waals surface area (Å²) < 4.78 is 12.7. The van der Waals surface area contributed by atoms with Crippen LogP contribution in [0.2, 0.25) is 0 Å². The standard InChI is InChI=1S/C13H15IO2/c1-15-13(16-2)7-8-6-10(13)9-4-3-5-11(14)12(8)9/h3-5,8,10H,6-7H2,1-2H3/t8-,10-/m0/s1. The van der Waals surface area contributed by atoms with Crippen LogP contribution in [0.5, 0.6) is 0 Å². The molecular formula is C13H15IO2. The van der Waals surface area contributed by atoms with Crippen molar-refractivity contribution < 1.29 is 9.47 Å². The van der Waals surface area contributed by atoms with Crippen molar-refractivity contribution in [2.24, 2.45) is 0 Å². The first-order valence-corrected chi connectivity index (χ1v) is 6.68. The molecule has 3 heteroatoms. The monoisotopic (exact) mass is 330 g/mol. The van der Waals surface area contributed by atoms with E-state index >= 15 is 0 Å². The van der Waals surface area contributed by atoms with Crippen molar-refractivity contribution in [2.45, 2.75) is 30.5 Å². The molecule has 1 aromatic rings. The molecule has 3 rings (SSSR count). The van der Waals surface area contributed by atoms with Gasteiger partial charge >= 0.3 is 0 Å². The van der Waals surface area contributed by atoms with E-state index in [-0.39, 0.29) is 5.79 Å². The zero-order valence-corrected chi connectivity index (χ0v) is 11.7. The maximum atomic E-state index is 5.65. The fourth-order valence-electron chi connectivity index (χ4n) is 3.44. The average Bonchev–Trinajstić information content (AvgIpc) is 2.85. The molecule has 0 saturated heterocycles.